The van der Waals surface area contributed by atoms with Crippen LogP contribution in [0.5, 0.6) is 5.75 Å². The molecule has 5 rings (SSSR count). The Bertz CT molecular complexity index is 1350. The van der Waals surface area contributed by atoms with Crippen LogP contribution in [0.25, 0.3) is 11.1 Å². The van der Waals surface area contributed by atoms with Crippen LogP contribution in [-0.2, 0) is 22.6 Å². The Kier molecular flexibility index (Phi) is 6.23. The number of benzene rings is 2. The van der Waals surface area contributed by atoms with E-state index in [2.05, 4.69) is 11.6 Å². The van der Waals surface area contributed by atoms with Gasteiger partial charge in [0.1, 0.15) is 11.6 Å². The molecule has 3 heterocycles. The highest BCUT2D eigenvalue weighted by atomic mass is 19.1. The summed E-state index contributed by atoms with van der Waals surface area (Å²) in [4.78, 5) is 18.3. The largest absolute Gasteiger partial charge is 0.440 e. The number of allylic oxidation sites excluding steroid dienone is 2. The van der Waals surface area contributed by atoms with E-state index in [1.54, 1.807) is 22.9 Å². The van der Waals surface area contributed by atoms with Crippen LogP contribution in [0.2, 0.25) is 0 Å². The molecule has 35 heavy (non-hydrogen) atoms. The predicted octanol–water partition coefficient (Wildman–Crippen LogP) is 4.52. The summed E-state index contributed by atoms with van der Waals surface area (Å²) >= 11 is 0. The van der Waals surface area contributed by atoms with Crippen LogP contribution in [-0.4, -0.2) is 34.1 Å². The first-order valence-corrected chi connectivity index (χ1v) is 11.5. The molecule has 1 saturated heterocycles. The van der Waals surface area contributed by atoms with Crippen LogP contribution < -0.4 is 10.3 Å². The SMILES string of the molecule is C=C(/N=C(\C=C/C)c1c(-c2ccc(F)cc2)c(=O)n2n1CC1(C2)OCCCO1)Oc1ccccc1. The van der Waals surface area contributed by atoms with E-state index in [1.165, 1.54) is 12.1 Å². The van der Waals surface area contributed by atoms with Gasteiger partial charge in [-0.1, -0.05) is 36.4 Å². The molecule has 7 nitrogen and oxygen atoms in total. The fraction of sp³-hybridized carbons (Fsp3) is 0.259. The lowest BCUT2D eigenvalue weighted by Crippen LogP contribution is -2.43. The Hall–Kier alpha value is -3.75. The summed E-state index contributed by atoms with van der Waals surface area (Å²) in [6.07, 6.45) is 4.43. The average Bonchev–Trinajstić information content (AvgIpc) is 3.33. The fourth-order valence-electron chi connectivity index (χ4n) is 4.46. The van der Waals surface area contributed by atoms with Crippen LogP contribution in [0.15, 0.2) is 89.0 Å². The number of aromatic nitrogens is 2. The summed E-state index contributed by atoms with van der Waals surface area (Å²) in [5.41, 5.74) is 1.82. The molecule has 3 aromatic rings. The number of hydrogen-bond donors (Lipinski definition) is 0. The summed E-state index contributed by atoms with van der Waals surface area (Å²) in [7, 11) is 0. The third kappa shape index (κ3) is 4.50. The van der Waals surface area contributed by atoms with Gasteiger partial charge in [-0.2, -0.15) is 0 Å². The molecule has 0 N–H and O–H groups in total. The number of halogens is 1. The van der Waals surface area contributed by atoms with Gasteiger partial charge in [-0.05, 0) is 55.8 Å². The van der Waals surface area contributed by atoms with Crippen molar-refractivity contribution in [2.24, 2.45) is 4.99 Å². The molecular formula is C27H26FN3O4. The highest BCUT2D eigenvalue weighted by Crippen LogP contribution is 2.33. The van der Waals surface area contributed by atoms with Gasteiger partial charge in [-0.25, -0.2) is 14.1 Å². The highest BCUT2D eigenvalue weighted by molar-refractivity contribution is 6.12. The standard InChI is InChI=1S/C27H26FN3O4/c1-3-8-23(29-19(2)35-22-9-5-4-6-10-22)25-24(20-11-13-21(28)14-12-20)26(32)31-18-27(17-30(25)31)33-15-7-16-34-27/h3-6,8-14H,2,7,15-18H2,1H3/b8-3-,29-23+. The zero-order valence-electron chi connectivity index (χ0n) is 19.4. The molecule has 1 spiro atoms. The van der Waals surface area contributed by atoms with Crippen molar-refractivity contribution in [3.8, 4) is 16.9 Å². The minimum Gasteiger partial charge on any atom is -0.440 e. The van der Waals surface area contributed by atoms with E-state index in [-0.39, 0.29) is 23.8 Å². The summed E-state index contributed by atoms with van der Waals surface area (Å²) in [6.45, 7) is 7.53. The van der Waals surface area contributed by atoms with Crippen LogP contribution >= 0.6 is 0 Å². The number of hydrogen-bond acceptors (Lipinski definition) is 5. The van der Waals surface area contributed by atoms with Crippen LogP contribution in [0.3, 0.4) is 0 Å². The first kappa shape index (κ1) is 23.0. The van der Waals surface area contributed by atoms with Crippen molar-refractivity contribution in [1.29, 1.82) is 0 Å². The normalized spacial score (nSPS) is 17.1. The maximum absolute atomic E-state index is 13.7. The molecule has 0 unspecified atom stereocenters. The molecule has 1 fully saturated rings. The fourth-order valence-corrected chi connectivity index (χ4v) is 4.46. The first-order chi connectivity index (χ1) is 17.0. The van der Waals surface area contributed by atoms with E-state index in [0.717, 1.165) is 6.42 Å². The second kappa shape index (κ2) is 9.48. The Morgan fingerprint density at radius 2 is 1.77 bits per heavy atom. The number of ether oxygens (including phenoxy) is 3. The number of fused-ring (bicyclic) bond motifs is 1. The van der Waals surface area contributed by atoms with E-state index >= 15 is 0 Å². The second-order valence-corrected chi connectivity index (χ2v) is 8.42. The van der Waals surface area contributed by atoms with Gasteiger partial charge in [0, 0.05) is 0 Å². The molecule has 0 bridgehead atoms. The highest BCUT2D eigenvalue weighted by Gasteiger charge is 2.45. The molecule has 1 aromatic heterocycles. The Morgan fingerprint density at radius 1 is 1.09 bits per heavy atom. The van der Waals surface area contributed by atoms with Crippen molar-refractivity contribution in [2.45, 2.75) is 32.2 Å². The minimum atomic E-state index is -0.897. The van der Waals surface area contributed by atoms with Gasteiger partial charge in [-0.3, -0.25) is 9.48 Å². The number of nitrogens with zero attached hydrogens (tertiary/aromatic N) is 3. The van der Waals surface area contributed by atoms with Crippen molar-refractivity contribution in [3.63, 3.8) is 0 Å². The monoisotopic (exact) mass is 475 g/mol. The molecule has 0 radical (unpaired) electrons. The molecule has 2 aliphatic rings. The lowest BCUT2D eigenvalue weighted by molar-refractivity contribution is -0.267. The first-order valence-electron chi connectivity index (χ1n) is 11.5. The smallest absolute Gasteiger partial charge is 0.275 e. The van der Waals surface area contributed by atoms with Gasteiger partial charge < -0.3 is 14.2 Å². The van der Waals surface area contributed by atoms with Gasteiger partial charge >= 0.3 is 0 Å². The molecule has 0 atom stereocenters. The molecule has 8 heteroatoms. The van der Waals surface area contributed by atoms with Gasteiger partial charge in [0.2, 0.25) is 11.7 Å². The lowest BCUT2D eigenvalue weighted by Gasteiger charge is -2.32. The van der Waals surface area contributed by atoms with Crippen molar-refractivity contribution in [1.82, 2.24) is 9.36 Å². The molecule has 0 amide bonds. The zero-order valence-corrected chi connectivity index (χ0v) is 19.4. The number of rotatable bonds is 6. The molecule has 2 aromatic carbocycles. The van der Waals surface area contributed by atoms with E-state index in [0.29, 0.717) is 48.0 Å². The maximum Gasteiger partial charge on any atom is 0.275 e. The van der Waals surface area contributed by atoms with Crippen LogP contribution in [0, 0.1) is 5.82 Å². The topological polar surface area (TPSA) is 67.0 Å². The quantitative estimate of drug-likeness (QED) is 0.389. The van der Waals surface area contributed by atoms with Gasteiger partial charge in [-0.15, -0.1) is 0 Å². The van der Waals surface area contributed by atoms with Crippen molar-refractivity contribution < 1.29 is 18.6 Å². The Morgan fingerprint density at radius 3 is 2.46 bits per heavy atom. The summed E-state index contributed by atoms with van der Waals surface area (Å²) in [6, 6.07) is 15.1. The maximum atomic E-state index is 13.7. The Balaban J connectivity index is 1.64. The van der Waals surface area contributed by atoms with E-state index in [1.807, 2.05) is 48.0 Å². The summed E-state index contributed by atoms with van der Waals surface area (Å²) < 4.78 is 34.9. The molecule has 2 aliphatic heterocycles. The lowest BCUT2D eigenvalue weighted by atomic mass is 10.0. The van der Waals surface area contributed by atoms with E-state index < -0.39 is 5.79 Å². The minimum absolute atomic E-state index is 0.167. The zero-order chi connectivity index (χ0) is 24.4. The van der Waals surface area contributed by atoms with E-state index in [4.69, 9.17) is 14.2 Å². The van der Waals surface area contributed by atoms with Crippen LogP contribution in [0.1, 0.15) is 19.0 Å². The number of para-hydroxylation sites is 1. The van der Waals surface area contributed by atoms with Crippen molar-refractivity contribution in [3.05, 3.63) is 101 Å². The number of aliphatic imine (C=N–C) groups is 1. The average molecular weight is 476 g/mol. The van der Waals surface area contributed by atoms with Crippen molar-refractivity contribution >= 4 is 5.71 Å². The van der Waals surface area contributed by atoms with Gasteiger partial charge in [0.05, 0.1) is 43.3 Å². The predicted molar refractivity (Wildman–Crippen MR) is 131 cm³/mol. The summed E-state index contributed by atoms with van der Waals surface area (Å²) in [5, 5.41) is 0. The van der Waals surface area contributed by atoms with Crippen LogP contribution in [0.4, 0.5) is 4.39 Å². The second-order valence-electron chi connectivity index (χ2n) is 8.42. The molecule has 180 valence electrons. The third-order valence-corrected chi connectivity index (χ3v) is 5.96. The molecule has 0 saturated carbocycles. The van der Waals surface area contributed by atoms with Crippen molar-refractivity contribution in [2.75, 3.05) is 13.2 Å². The Labute approximate surface area is 202 Å². The molecule has 0 aliphatic carbocycles. The van der Waals surface area contributed by atoms with Gasteiger partial charge in [0.25, 0.3) is 5.56 Å². The molecular weight excluding hydrogens is 449 g/mol. The third-order valence-electron chi connectivity index (χ3n) is 5.96. The summed E-state index contributed by atoms with van der Waals surface area (Å²) in [5.74, 6) is -0.508. The van der Waals surface area contributed by atoms with Gasteiger partial charge in [0.15, 0.2) is 0 Å². The van der Waals surface area contributed by atoms with E-state index in [9.17, 15) is 9.18 Å².